The van der Waals surface area contributed by atoms with Crippen molar-refractivity contribution in [3.8, 4) is 0 Å². The molecule has 18 N–H and O–H groups in total. The van der Waals surface area contributed by atoms with Crippen molar-refractivity contribution in [2.24, 2.45) is 0 Å². The molecular formula is C43H65NO30. The minimum Gasteiger partial charge on any atom is -0.394 e. The van der Waals surface area contributed by atoms with E-state index in [4.69, 9.17) is 56.8 Å². The summed E-state index contributed by atoms with van der Waals surface area (Å²) in [6.45, 7) is -5.64. The largest absolute Gasteiger partial charge is 0.394 e. The molecule has 12 bridgehead atoms. The summed E-state index contributed by atoms with van der Waals surface area (Å²) in [5.41, 5.74) is 0.164. The topological polar surface area (TPSA) is 484 Å². The van der Waals surface area contributed by atoms with Crippen molar-refractivity contribution in [1.29, 1.82) is 0 Å². The van der Waals surface area contributed by atoms with Crippen LogP contribution in [0.25, 0.3) is 0 Å². The molecule has 0 aliphatic carbocycles. The number of nitrogens with one attached hydrogen (secondary N) is 1. The highest BCUT2D eigenvalue weighted by Gasteiger charge is 2.58. The van der Waals surface area contributed by atoms with Crippen LogP contribution in [-0.2, 0) is 56.8 Å². The zero-order valence-corrected chi connectivity index (χ0v) is 38.9. The Morgan fingerprint density at radius 1 is 0.324 bits per heavy atom. The maximum absolute atomic E-state index is 13.2. The number of ether oxygens (including phenoxy) is 12. The van der Waals surface area contributed by atoms with E-state index in [2.05, 4.69) is 5.32 Å². The lowest BCUT2D eigenvalue weighted by Gasteiger charge is -2.50. The average molecular weight is 1080 g/mol. The smallest absolute Gasteiger partial charge is 0.251 e. The molecule has 31 nitrogen and oxygen atoms in total. The summed E-state index contributed by atoms with van der Waals surface area (Å²) in [5, 5.41) is 191. The van der Waals surface area contributed by atoms with Crippen LogP contribution in [-0.4, -0.2) is 317 Å². The van der Waals surface area contributed by atoms with E-state index in [1.54, 1.807) is 18.2 Å². The molecule has 23 rings (SSSR count). The Morgan fingerprint density at radius 3 is 0.770 bits per heavy atom. The van der Waals surface area contributed by atoms with Gasteiger partial charge < -0.3 is 149 Å². The highest BCUT2D eigenvalue weighted by molar-refractivity contribution is 5.94. The minimum absolute atomic E-state index is 0.164. The van der Waals surface area contributed by atoms with Crippen LogP contribution in [0.1, 0.15) is 10.4 Å². The van der Waals surface area contributed by atoms with Crippen LogP contribution in [0.4, 0.5) is 0 Å². The van der Waals surface area contributed by atoms with Gasteiger partial charge in [0.25, 0.3) is 5.91 Å². The molecular weight excluding hydrogens is 1010 g/mol. The van der Waals surface area contributed by atoms with Crippen molar-refractivity contribution < 1.29 is 148 Å². The molecule has 0 aromatic heterocycles. The van der Waals surface area contributed by atoms with Gasteiger partial charge in [-0.1, -0.05) is 18.2 Å². The van der Waals surface area contributed by atoms with Crippen LogP contribution in [0.5, 0.6) is 0 Å². The minimum atomic E-state index is -2.19. The Kier molecular flexibility index (Phi) is 19.2. The van der Waals surface area contributed by atoms with Gasteiger partial charge in [0.1, 0.15) is 146 Å². The van der Waals surface area contributed by atoms with Gasteiger partial charge in [-0.15, -0.1) is 0 Å². The number of aliphatic hydroxyl groups excluding tert-OH is 17. The number of aliphatic hydroxyl groups is 17. The van der Waals surface area contributed by atoms with Crippen molar-refractivity contribution in [1.82, 2.24) is 5.32 Å². The van der Waals surface area contributed by atoms with Gasteiger partial charge in [-0.2, -0.15) is 0 Å². The molecule has 74 heavy (non-hydrogen) atoms. The summed E-state index contributed by atoms with van der Waals surface area (Å²) in [7, 11) is 0. The SMILES string of the molecule is O=C(NC[C@H]1O[C@@H]2O[C@H]3[C@H](O)[C@@H](O)[C@@H](O[C@H]4[C@H](O)[C@@H](O)[C@@H](O[C@H]5[C@H](O)[C@@H](O)[C@@H](O[C@H]6[C@H](O)[C@@H](O)[C@@H](O[C@H]7[C@H](O)[C@@H](O)[C@@H](O[C@H]1[C@H](O)[C@H]2O)O[C@@H]7CO)O[C@@H]6CO)O[C@@H]5CO)O[C@@H]4CO)O[C@@H]3CO)c1ccccc1. The number of rotatable bonds is 8. The van der Waals surface area contributed by atoms with E-state index in [0.717, 1.165) is 0 Å². The van der Waals surface area contributed by atoms with E-state index in [9.17, 15) is 91.6 Å². The first-order valence-electron chi connectivity index (χ1n) is 23.8. The van der Waals surface area contributed by atoms with Crippen molar-refractivity contribution in [2.75, 3.05) is 39.6 Å². The number of amides is 1. The lowest BCUT2D eigenvalue weighted by atomic mass is 9.94. The molecule has 22 heterocycles. The average Bonchev–Trinajstić information content (AvgIpc) is 3.40. The monoisotopic (exact) mass is 1080 g/mol. The number of hydrogen-bond acceptors (Lipinski definition) is 30. The van der Waals surface area contributed by atoms with Crippen LogP contribution in [0.15, 0.2) is 30.3 Å². The third kappa shape index (κ3) is 11.5. The van der Waals surface area contributed by atoms with Crippen LogP contribution < -0.4 is 5.32 Å². The third-order valence-corrected chi connectivity index (χ3v) is 14.0. The summed E-state index contributed by atoms with van der Waals surface area (Å²) in [5.74, 6) is -0.678. The molecule has 0 radical (unpaired) electrons. The molecule has 1 amide bonds. The van der Waals surface area contributed by atoms with E-state index >= 15 is 0 Å². The fourth-order valence-electron chi connectivity index (χ4n) is 9.83. The Balaban J connectivity index is 1.11. The predicted molar refractivity (Wildman–Crippen MR) is 227 cm³/mol. The predicted octanol–water partition coefficient (Wildman–Crippen LogP) is -11.6. The molecule has 31 heteroatoms. The molecule has 30 atom stereocenters. The van der Waals surface area contributed by atoms with Gasteiger partial charge in [0.15, 0.2) is 37.7 Å². The van der Waals surface area contributed by atoms with Crippen molar-refractivity contribution in [3.05, 3.63) is 35.9 Å². The van der Waals surface area contributed by atoms with Gasteiger partial charge >= 0.3 is 0 Å². The van der Waals surface area contributed by atoms with Crippen molar-refractivity contribution in [3.63, 3.8) is 0 Å². The van der Waals surface area contributed by atoms with E-state index in [1.165, 1.54) is 12.1 Å². The van der Waals surface area contributed by atoms with E-state index in [1.807, 2.05) is 0 Å². The molecule has 0 unspecified atom stereocenters. The quantitative estimate of drug-likeness (QED) is 0.115. The molecule has 1 aromatic rings. The number of hydrogen-bond donors (Lipinski definition) is 18. The normalized spacial score (nSPS) is 50.5. The van der Waals surface area contributed by atoms with Crippen LogP contribution in [0, 0.1) is 0 Å². The van der Waals surface area contributed by atoms with Crippen LogP contribution in [0.2, 0.25) is 0 Å². The maximum Gasteiger partial charge on any atom is 0.251 e. The second-order valence-electron chi connectivity index (χ2n) is 18.7. The first-order chi connectivity index (χ1) is 35.3. The fourth-order valence-corrected chi connectivity index (χ4v) is 9.83. The number of carbonyl (C=O) groups is 1. The van der Waals surface area contributed by atoms with Gasteiger partial charge in [0, 0.05) is 12.1 Å². The lowest BCUT2D eigenvalue weighted by molar-refractivity contribution is -0.403. The fraction of sp³-hybridized carbons (Fsp3) is 0.837. The molecule has 22 aliphatic heterocycles. The standard InChI is InChI=1S/C43H65NO30/c45-7-14-32-21(52)27(58)40(65-14)72-34-16(9-47)67-42(29(60)23(34)54)74-36-18(11-49)68-43(30(61)24(36)55)73-35-17(10-48)66-41(28(59)22(35)53)71-33-15(8-46)64-39(26(57)20(33)51)69-31-13(63-38(70-32)25(56)19(31)50)6-44-37(62)12-4-2-1-3-5-12/h1-5,13-36,38-43,45-61H,6-11H2,(H,44,62)/t13-,14-,15-,16-,17-,18-,19-,20-,21-,22-,23-,24-,25-,26-,27-,28-,29-,30-,31-,32-,33-,34-,35-,36-,38-,39-,40-,41-,42-,43-/m1/s1. The maximum atomic E-state index is 13.2. The van der Waals surface area contributed by atoms with E-state index in [-0.39, 0.29) is 5.56 Å². The zero-order valence-electron chi connectivity index (χ0n) is 38.9. The molecule has 0 saturated carbocycles. The van der Waals surface area contributed by atoms with Gasteiger partial charge in [0.05, 0.1) is 33.0 Å². The van der Waals surface area contributed by atoms with E-state index < -0.39 is 230 Å². The van der Waals surface area contributed by atoms with Gasteiger partial charge in [-0.3, -0.25) is 4.79 Å². The molecule has 22 saturated heterocycles. The second kappa shape index (κ2) is 24.7. The van der Waals surface area contributed by atoms with Crippen molar-refractivity contribution in [2.45, 2.75) is 184 Å². The third-order valence-electron chi connectivity index (χ3n) is 14.0. The summed E-state index contributed by atoms with van der Waals surface area (Å²) >= 11 is 0. The van der Waals surface area contributed by atoms with E-state index in [0.29, 0.717) is 0 Å². The summed E-state index contributed by atoms with van der Waals surface area (Å²) in [4.78, 5) is 13.2. The Labute approximate surface area is 418 Å². The van der Waals surface area contributed by atoms with Gasteiger partial charge in [-0.05, 0) is 12.1 Å². The number of benzene rings is 1. The van der Waals surface area contributed by atoms with Crippen LogP contribution in [0.3, 0.4) is 0 Å². The summed E-state index contributed by atoms with van der Waals surface area (Å²) in [6.07, 6.45) is -59.2. The molecule has 1 aromatic carbocycles. The Morgan fingerprint density at radius 2 is 0.541 bits per heavy atom. The van der Waals surface area contributed by atoms with Crippen molar-refractivity contribution >= 4 is 5.91 Å². The molecule has 22 fully saturated rings. The molecule has 22 aliphatic rings. The Hall–Kier alpha value is -2.47. The zero-order chi connectivity index (χ0) is 53.4. The highest BCUT2D eigenvalue weighted by Crippen LogP contribution is 2.38. The molecule has 422 valence electrons. The number of carbonyl (C=O) groups excluding carboxylic acids is 1. The summed E-state index contributed by atoms with van der Waals surface area (Å²) < 4.78 is 69.3. The first kappa shape index (κ1) is 57.7. The summed E-state index contributed by atoms with van der Waals surface area (Å²) in [6, 6.07) is 7.72. The first-order valence-corrected chi connectivity index (χ1v) is 23.8. The van der Waals surface area contributed by atoms with Crippen LogP contribution >= 0.6 is 0 Å². The van der Waals surface area contributed by atoms with Gasteiger partial charge in [-0.25, -0.2) is 0 Å². The van der Waals surface area contributed by atoms with Gasteiger partial charge in [0.2, 0.25) is 0 Å². The second-order valence-corrected chi connectivity index (χ2v) is 18.7. The highest BCUT2D eigenvalue weighted by atomic mass is 16.8. The Bertz CT molecular complexity index is 1920. The lowest BCUT2D eigenvalue weighted by Crippen LogP contribution is -2.69. The molecule has 0 spiro atoms.